The number of benzene rings is 1. The Morgan fingerprint density at radius 3 is 2.81 bits per heavy atom. The van der Waals surface area contributed by atoms with Crippen LogP contribution in [0.25, 0.3) is 0 Å². The Kier molecular flexibility index (Phi) is 4.24. The van der Waals surface area contributed by atoms with Gasteiger partial charge in [0.1, 0.15) is 5.82 Å². The van der Waals surface area contributed by atoms with Crippen LogP contribution >= 0.6 is 0 Å². The molecule has 2 aliphatic rings. The highest BCUT2D eigenvalue weighted by Crippen LogP contribution is 2.38. The van der Waals surface area contributed by atoms with Gasteiger partial charge >= 0.3 is 0 Å². The van der Waals surface area contributed by atoms with Gasteiger partial charge in [-0.25, -0.2) is 4.39 Å². The molecule has 1 aliphatic carbocycles. The van der Waals surface area contributed by atoms with Crippen LogP contribution in [-0.4, -0.2) is 12.5 Å². The lowest BCUT2D eigenvalue weighted by Crippen LogP contribution is -2.28. The summed E-state index contributed by atoms with van der Waals surface area (Å²) in [5, 5.41) is 6.24. The predicted molar refractivity (Wildman–Crippen MR) is 81.7 cm³/mol. The van der Waals surface area contributed by atoms with Crippen molar-refractivity contribution >= 4 is 11.6 Å². The maximum Gasteiger partial charge on any atom is 0.224 e. The van der Waals surface area contributed by atoms with Crippen LogP contribution in [0.4, 0.5) is 10.1 Å². The molecule has 21 heavy (non-hydrogen) atoms. The topological polar surface area (TPSA) is 41.1 Å². The van der Waals surface area contributed by atoms with E-state index >= 15 is 0 Å². The zero-order valence-corrected chi connectivity index (χ0v) is 12.5. The largest absolute Gasteiger partial charge is 0.326 e. The molecule has 1 aromatic carbocycles. The van der Waals surface area contributed by atoms with E-state index in [-0.39, 0.29) is 17.8 Å². The third-order valence-corrected chi connectivity index (χ3v) is 4.75. The van der Waals surface area contributed by atoms with E-state index in [0.29, 0.717) is 24.4 Å². The van der Waals surface area contributed by atoms with E-state index in [2.05, 4.69) is 17.6 Å². The number of carbonyl (C=O) groups is 1. The molecule has 1 amide bonds. The summed E-state index contributed by atoms with van der Waals surface area (Å²) in [5.74, 6) is 0.304. The van der Waals surface area contributed by atoms with Gasteiger partial charge in [0.2, 0.25) is 5.91 Å². The number of hydrogen-bond donors (Lipinski definition) is 2. The lowest BCUT2D eigenvalue weighted by Gasteiger charge is -2.27. The van der Waals surface area contributed by atoms with E-state index in [1.807, 2.05) is 6.07 Å². The molecule has 1 fully saturated rings. The van der Waals surface area contributed by atoms with Crippen LogP contribution in [0.3, 0.4) is 0 Å². The Hall–Kier alpha value is -1.42. The third kappa shape index (κ3) is 2.95. The minimum absolute atomic E-state index is 0.0197. The average Bonchev–Trinajstić information content (AvgIpc) is 2.98. The van der Waals surface area contributed by atoms with Crippen LogP contribution in [0.5, 0.6) is 0 Å². The van der Waals surface area contributed by atoms with Crippen molar-refractivity contribution < 1.29 is 9.18 Å². The van der Waals surface area contributed by atoms with Crippen molar-refractivity contribution in [1.82, 2.24) is 5.32 Å². The average molecular weight is 290 g/mol. The van der Waals surface area contributed by atoms with Crippen molar-refractivity contribution in [3.63, 3.8) is 0 Å². The summed E-state index contributed by atoms with van der Waals surface area (Å²) >= 11 is 0. The van der Waals surface area contributed by atoms with Gasteiger partial charge in [0.15, 0.2) is 0 Å². The van der Waals surface area contributed by atoms with Crippen molar-refractivity contribution in [2.24, 2.45) is 5.92 Å². The highest BCUT2D eigenvalue weighted by atomic mass is 19.1. The standard InChI is InChI=1S/C17H23FN2O/c1-2-19-17(11-5-3-4-6-11)13-9-12-7-8-16(21)20-15(12)10-14(13)18/h9-11,17,19H,2-8H2,1H3,(H,20,21). The fourth-order valence-electron chi connectivity index (χ4n) is 3.70. The lowest BCUT2D eigenvalue weighted by molar-refractivity contribution is -0.116. The molecule has 1 aliphatic heterocycles. The molecule has 0 saturated heterocycles. The molecular weight excluding hydrogens is 267 g/mol. The van der Waals surface area contributed by atoms with Gasteiger partial charge in [0.25, 0.3) is 0 Å². The monoisotopic (exact) mass is 290 g/mol. The normalized spacial score (nSPS) is 20.2. The smallest absolute Gasteiger partial charge is 0.224 e. The van der Waals surface area contributed by atoms with Crippen molar-refractivity contribution in [2.45, 2.75) is 51.5 Å². The van der Waals surface area contributed by atoms with E-state index in [0.717, 1.165) is 17.7 Å². The zero-order chi connectivity index (χ0) is 14.8. The van der Waals surface area contributed by atoms with Gasteiger partial charge in [-0.3, -0.25) is 4.79 Å². The van der Waals surface area contributed by atoms with Gasteiger partial charge in [-0.15, -0.1) is 0 Å². The molecule has 0 spiro atoms. The number of anilines is 1. The first-order valence-corrected chi connectivity index (χ1v) is 8.04. The van der Waals surface area contributed by atoms with Gasteiger partial charge in [0, 0.05) is 23.7 Å². The number of amides is 1. The van der Waals surface area contributed by atoms with E-state index in [9.17, 15) is 9.18 Å². The summed E-state index contributed by atoms with van der Waals surface area (Å²) < 4.78 is 14.5. The van der Waals surface area contributed by atoms with Crippen LogP contribution in [0.15, 0.2) is 12.1 Å². The van der Waals surface area contributed by atoms with Crippen LogP contribution in [0.2, 0.25) is 0 Å². The van der Waals surface area contributed by atoms with Crippen molar-refractivity contribution in [1.29, 1.82) is 0 Å². The second-order valence-electron chi connectivity index (χ2n) is 6.16. The molecule has 1 unspecified atom stereocenters. The summed E-state index contributed by atoms with van der Waals surface area (Å²) in [4.78, 5) is 11.4. The molecule has 114 valence electrons. The third-order valence-electron chi connectivity index (χ3n) is 4.75. The van der Waals surface area contributed by atoms with E-state index in [1.165, 1.54) is 31.7 Å². The minimum atomic E-state index is -0.200. The predicted octanol–water partition coefficient (Wildman–Crippen LogP) is 3.55. The number of halogens is 1. The van der Waals surface area contributed by atoms with Crippen molar-refractivity contribution in [2.75, 3.05) is 11.9 Å². The Morgan fingerprint density at radius 1 is 1.33 bits per heavy atom. The van der Waals surface area contributed by atoms with Gasteiger partial charge in [0.05, 0.1) is 0 Å². The first-order chi connectivity index (χ1) is 10.2. The summed E-state index contributed by atoms with van der Waals surface area (Å²) in [6, 6.07) is 3.57. The van der Waals surface area contributed by atoms with Gasteiger partial charge in [-0.2, -0.15) is 0 Å². The highest BCUT2D eigenvalue weighted by Gasteiger charge is 2.29. The molecule has 0 radical (unpaired) electrons. The van der Waals surface area contributed by atoms with E-state index < -0.39 is 0 Å². The Balaban J connectivity index is 1.93. The quantitative estimate of drug-likeness (QED) is 0.890. The van der Waals surface area contributed by atoms with Gasteiger partial charge in [-0.1, -0.05) is 19.8 Å². The Bertz CT molecular complexity index is 538. The van der Waals surface area contributed by atoms with E-state index in [4.69, 9.17) is 0 Å². The number of aryl methyl sites for hydroxylation is 1. The Morgan fingerprint density at radius 2 is 2.10 bits per heavy atom. The number of rotatable bonds is 4. The molecule has 3 nitrogen and oxygen atoms in total. The van der Waals surface area contributed by atoms with Gasteiger partial charge in [-0.05, 0) is 49.4 Å². The molecule has 1 aromatic rings. The summed E-state index contributed by atoms with van der Waals surface area (Å²) in [5.41, 5.74) is 2.49. The van der Waals surface area contributed by atoms with Crippen LogP contribution in [0.1, 0.15) is 56.2 Å². The number of fused-ring (bicyclic) bond motifs is 1. The number of carbonyl (C=O) groups excluding carboxylic acids is 1. The van der Waals surface area contributed by atoms with E-state index in [1.54, 1.807) is 0 Å². The maximum atomic E-state index is 14.5. The molecule has 0 bridgehead atoms. The van der Waals surface area contributed by atoms with Crippen LogP contribution < -0.4 is 10.6 Å². The first kappa shape index (κ1) is 14.5. The molecule has 2 N–H and O–H groups in total. The Labute approximate surface area is 125 Å². The minimum Gasteiger partial charge on any atom is -0.326 e. The second-order valence-corrected chi connectivity index (χ2v) is 6.16. The maximum absolute atomic E-state index is 14.5. The van der Waals surface area contributed by atoms with Crippen LogP contribution in [-0.2, 0) is 11.2 Å². The molecule has 0 aromatic heterocycles. The molecule has 3 rings (SSSR count). The fourth-order valence-corrected chi connectivity index (χ4v) is 3.70. The molecule has 1 atom stereocenters. The molecular formula is C17H23FN2O. The lowest BCUT2D eigenvalue weighted by atomic mass is 9.88. The van der Waals surface area contributed by atoms with Crippen LogP contribution in [0, 0.1) is 11.7 Å². The summed E-state index contributed by atoms with van der Waals surface area (Å²) in [6.45, 7) is 2.91. The zero-order valence-electron chi connectivity index (χ0n) is 12.5. The number of nitrogens with one attached hydrogen (secondary N) is 2. The molecule has 1 saturated carbocycles. The molecule has 4 heteroatoms. The SMILES string of the molecule is CCNC(c1cc2c(cc1F)NC(=O)CC2)C1CCCC1. The summed E-state index contributed by atoms with van der Waals surface area (Å²) in [7, 11) is 0. The molecule has 1 heterocycles. The summed E-state index contributed by atoms with van der Waals surface area (Å²) in [6.07, 6.45) is 6.03. The number of hydrogen-bond acceptors (Lipinski definition) is 2. The van der Waals surface area contributed by atoms with Gasteiger partial charge < -0.3 is 10.6 Å². The highest BCUT2D eigenvalue weighted by molar-refractivity contribution is 5.93. The fraction of sp³-hybridized carbons (Fsp3) is 0.588. The van der Waals surface area contributed by atoms with Crippen molar-refractivity contribution in [3.05, 3.63) is 29.1 Å². The second kappa shape index (κ2) is 6.14. The first-order valence-electron chi connectivity index (χ1n) is 8.04. The van der Waals surface area contributed by atoms with Crippen molar-refractivity contribution in [3.8, 4) is 0 Å².